The largest absolute Gasteiger partial charge is 0.365 e. The summed E-state index contributed by atoms with van der Waals surface area (Å²) in [6, 6.07) is 3.00. The van der Waals surface area contributed by atoms with E-state index in [1.807, 2.05) is 0 Å². The second-order valence-corrected chi connectivity index (χ2v) is 6.08. The topological polar surface area (TPSA) is 85.1 Å². The molecule has 0 spiro atoms. The molecular formula is C15H16FN3O2S. The molecular weight excluding hydrogens is 305 g/mol. The molecule has 0 saturated carbocycles. The predicted molar refractivity (Wildman–Crippen MR) is 82.4 cm³/mol. The Labute approximate surface area is 131 Å². The number of benzene rings is 1. The molecule has 0 unspecified atom stereocenters. The molecule has 2 rings (SSSR count). The van der Waals surface area contributed by atoms with Crippen LogP contribution in [0.4, 0.5) is 4.39 Å². The maximum atomic E-state index is 13.6. The molecule has 5 nitrogen and oxygen atoms in total. The quantitative estimate of drug-likeness (QED) is 0.905. The zero-order chi connectivity index (χ0) is 16.4. The van der Waals surface area contributed by atoms with Crippen molar-refractivity contribution in [1.82, 2.24) is 10.3 Å². The van der Waals surface area contributed by atoms with Gasteiger partial charge in [-0.1, -0.05) is 0 Å². The fourth-order valence-electron chi connectivity index (χ4n) is 2.09. The van der Waals surface area contributed by atoms with Crippen molar-refractivity contribution in [3.05, 3.63) is 50.2 Å². The summed E-state index contributed by atoms with van der Waals surface area (Å²) in [5.74, 6) is -1.16. The number of halogens is 1. The lowest BCUT2D eigenvalue weighted by Crippen LogP contribution is -2.23. The Hall–Kier alpha value is -2.28. The summed E-state index contributed by atoms with van der Waals surface area (Å²) in [5.41, 5.74) is 7.02. The number of hydrogen-bond acceptors (Lipinski definition) is 4. The van der Waals surface area contributed by atoms with Gasteiger partial charge < -0.3 is 11.1 Å². The number of nitrogens with zero attached hydrogens (tertiary/aromatic N) is 1. The van der Waals surface area contributed by atoms with E-state index in [0.29, 0.717) is 32.3 Å². The van der Waals surface area contributed by atoms with E-state index in [9.17, 15) is 14.0 Å². The minimum atomic E-state index is -0.530. The fourth-order valence-corrected chi connectivity index (χ4v) is 2.95. The molecule has 0 bridgehead atoms. The molecule has 2 amide bonds. The average Bonchev–Trinajstić information content (AvgIpc) is 2.83. The zero-order valence-electron chi connectivity index (χ0n) is 12.5. The van der Waals surface area contributed by atoms with Crippen molar-refractivity contribution in [2.75, 3.05) is 0 Å². The molecule has 1 heterocycles. The number of carbonyl (C=O) groups excluding carboxylic acids is 2. The molecule has 116 valence electrons. The molecule has 22 heavy (non-hydrogen) atoms. The van der Waals surface area contributed by atoms with Crippen LogP contribution in [0.25, 0.3) is 0 Å². The first-order chi connectivity index (χ1) is 10.3. The van der Waals surface area contributed by atoms with E-state index >= 15 is 0 Å². The van der Waals surface area contributed by atoms with Crippen LogP contribution in [0, 0.1) is 26.6 Å². The second kappa shape index (κ2) is 6.23. The summed E-state index contributed by atoms with van der Waals surface area (Å²) in [6.45, 7) is 5.10. The molecule has 1 aromatic heterocycles. The van der Waals surface area contributed by atoms with Crippen molar-refractivity contribution in [1.29, 1.82) is 0 Å². The lowest BCUT2D eigenvalue weighted by molar-refractivity contribution is 0.0949. The molecule has 1 aromatic carbocycles. The maximum Gasteiger partial charge on any atom is 0.260 e. The van der Waals surface area contributed by atoms with E-state index in [2.05, 4.69) is 10.3 Å². The standard InChI is InChI=1S/C15H16FN3O2S/c1-7-4-10(5-8(2)12(7)16)15(21)18-6-11-19-9(3)13(22-11)14(17)20/h4-5H,6H2,1-3H3,(H2,17,20)(H,18,21). The van der Waals surface area contributed by atoms with Crippen LogP contribution in [0.2, 0.25) is 0 Å². The Morgan fingerprint density at radius 2 is 1.86 bits per heavy atom. The Morgan fingerprint density at radius 1 is 1.27 bits per heavy atom. The highest BCUT2D eigenvalue weighted by molar-refractivity contribution is 7.13. The molecule has 0 saturated heterocycles. The van der Waals surface area contributed by atoms with Crippen LogP contribution in [0.15, 0.2) is 12.1 Å². The third kappa shape index (κ3) is 3.30. The van der Waals surface area contributed by atoms with E-state index in [-0.39, 0.29) is 18.3 Å². The number of nitrogens with one attached hydrogen (secondary N) is 1. The molecule has 7 heteroatoms. The third-order valence-corrected chi connectivity index (χ3v) is 4.34. The maximum absolute atomic E-state index is 13.6. The first-order valence-corrected chi connectivity index (χ1v) is 7.42. The Balaban J connectivity index is 2.10. The lowest BCUT2D eigenvalue weighted by Gasteiger charge is -2.07. The van der Waals surface area contributed by atoms with Crippen molar-refractivity contribution < 1.29 is 14.0 Å². The average molecular weight is 321 g/mol. The van der Waals surface area contributed by atoms with Gasteiger partial charge in [-0.3, -0.25) is 9.59 Å². The van der Waals surface area contributed by atoms with E-state index in [1.165, 1.54) is 12.1 Å². The number of rotatable bonds is 4. The Morgan fingerprint density at radius 3 is 2.36 bits per heavy atom. The summed E-state index contributed by atoms with van der Waals surface area (Å²) >= 11 is 1.15. The number of amides is 2. The number of aromatic nitrogens is 1. The van der Waals surface area contributed by atoms with Gasteiger partial charge in [-0.15, -0.1) is 11.3 Å². The van der Waals surface area contributed by atoms with Crippen molar-refractivity contribution >= 4 is 23.2 Å². The van der Waals surface area contributed by atoms with E-state index in [1.54, 1.807) is 20.8 Å². The Kier molecular flexibility index (Phi) is 4.56. The first-order valence-electron chi connectivity index (χ1n) is 6.60. The lowest BCUT2D eigenvalue weighted by atomic mass is 10.1. The molecule has 0 radical (unpaired) electrons. The molecule has 0 aliphatic rings. The smallest absolute Gasteiger partial charge is 0.260 e. The summed E-state index contributed by atoms with van der Waals surface area (Å²) in [6.07, 6.45) is 0. The van der Waals surface area contributed by atoms with Gasteiger partial charge in [0.25, 0.3) is 11.8 Å². The van der Waals surface area contributed by atoms with Gasteiger partial charge in [0.1, 0.15) is 15.7 Å². The number of thiazole rings is 1. The number of primary amides is 1. The highest BCUT2D eigenvalue weighted by atomic mass is 32.1. The number of hydrogen-bond donors (Lipinski definition) is 2. The zero-order valence-corrected chi connectivity index (χ0v) is 13.3. The van der Waals surface area contributed by atoms with Crippen molar-refractivity contribution in [2.45, 2.75) is 27.3 Å². The van der Waals surface area contributed by atoms with E-state index in [4.69, 9.17) is 5.73 Å². The molecule has 3 N–H and O–H groups in total. The van der Waals surface area contributed by atoms with Gasteiger partial charge in [-0.2, -0.15) is 0 Å². The van der Waals surface area contributed by atoms with Crippen molar-refractivity contribution in [2.24, 2.45) is 5.73 Å². The molecule has 0 fully saturated rings. The van der Waals surface area contributed by atoms with Crippen LogP contribution >= 0.6 is 11.3 Å². The van der Waals surface area contributed by atoms with Crippen LogP contribution in [-0.4, -0.2) is 16.8 Å². The SMILES string of the molecule is Cc1cc(C(=O)NCc2nc(C)c(C(N)=O)s2)cc(C)c1F. The van der Waals surface area contributed by atoms with E-state index < -0.39 is 5.91 Å². The fraction of sp³-hybridized carbons (Fsp3) is 0.267. The monoisotopic (exact) mass is 321 g/mol. The highest BCUT2D eigenvalue weighted by Gasteiger charge is 2.14. The van der Waals surface area contributed by atoms with Crippen molar-refractivity contribution in [3.8, 4) is 0 Å². The number of aryl methyl sites for hydroxylation is 3. The number of nitrogens with two attached hydrogens (primary N) is 1. The summed E-state index contributed by atoms with van der Waals surface area (Å²) < 4.78 is 13.6. The minimum absolute atomic E-state index is 0.188. The summed E-state index contributed by atoms with van der Waals surface area (Å²) in [7, 11) is 0. The van der Waals surface area contributed by atoms with E-state index in [0.717, 1.165) is 11.3 Å². The molecule has 0 atom stereocenters. The van der Waals surface area contributed by atoms with Gasteiger partial charge in [0, 0.05) is 5.56 Å². The normalized spacial score (nSPS) is 10.5. The van der Waals surface area contributed by atoms with Crippen LogP contribution in [0.1, 0.15) is 41.9 Å². The second-order valence-electron chi connectivity index (χ2n) is 4.99. The third-order valence-electron chi connectivity index (χ3n) is 3.16. The van der Waals surface area contributed by atoms with Crippen LogP contribution in [-0.2, 0) is 6.54 Å². The van der Waals surface area contributed by atoms with Gasteiger partial charge in [-0.05, 0) is 44.0 Å². The molecule has 2 aromatic rings. The van der Waals surface area contributed by atoms with Gasteiger partial charge in [0.2, 0.25) is 0 Å². The van der Waals surface area contributed by atoms with Crippen molar-refractivity contribution in [3.63, 3.8) is 0 Å². The Bertz CT molecular complexity index is 732. The first kappa shape index (κ1) is 16.1. The predicted octanol–water partition coefficient (Wildman–Crippen LogP) is 2.24. The number of carbonyl (C=O) groups is 2. The van der Waals surface area contributed by atoms with Gasteiger partial charge >= 0.3 is 0 Å². The van der Waals surface area contributed by atoms with Crippen LogP contribution < -0.4 is 11.1 Å². The molecule has 0 aliphatic heterocycles. The molecule has 0 aliphatic carbocycles. The van der Waals surface area contributed by atoms with Crippen LogP contribution in [0.5, 0.6) is 0 Å². The van der Waals surface area contributed by atoms with Gasteiger partial charge in [-0.25, -0.2) is 9.37 Å². The summed E-state index contributed by atoms with van der Waals surface area (Å²) in [5, 5.41) is 3.30. The summed E-state index contributed by atoms with van der Waals surface area (Å²) in [4.78, 5) is 27.9. The highest BCUT2D eigenvalue weighted by Crippen LogP contribution is 2.18. The minimum Gasteiger partial charge on any atom is -0.365 e. The van der Waals surface area contributed by atoms with Gasteiger partial charge in [0.15, 0.2) is 0 Å². The van der Waals surface area contributed by atoms with Crippen LogP contribution in [0.3, 0.4) is 0 Å². The van der Waals surface area contributed by atoms with Gasteiger partial charge in [0.05, 0.1) is 12.2 Å².